The molecule has 0 unspecified atom stereocenters. The van der Waals surface area contributed by atoms with Crippen molar-refractivity contribution in [3.8, 4) is 0 Å². The van der Waals surface area contributed by atoms with Gasteiger partial charge in [0.2, 0.25) is 0 Å². The third kappa shape index (κ3) is 2.33. The summed E-state index contributed by atoms with van der Waals surface area (Å²) in [6, 6.07) is 5.49. The van der Waals surface area contributed by atoms with Crippen LogP contribution in [0.5, 0.6) is 0 Å². The van der Waals surface area contributed by atoms with Crippen LogP contribution < -0.4 is 0 Å². The Morgan fingerprint density at radius 2 is 2.13 bits per heavy atom. The van der Waals surface area contributed by atoms with Gasteiger partial charge in [0.25, 0.3) is 5.69 Å². The fourth-order valence-corrected chi connectivity index (χ4v) is 3.96. The second kappa shape index (κ2) is 5.15. The second-order valence-electron chi connectivity index (χ2n) is 7.22. The van der Waals surface area contributed by atoms with E-state index in [2.05, 4.69) is 25.9 Å². The van der Waals surface area contributed by atoms with E-state index in [-0.39, 0.29) is 22.1 Å². The van der Waals surface area contributed by atoms with Crippen LogP contribution in [-0.2, 0) is 4.84 Å². The van der Waals surface area contributed by atoms with Gasteiger partial charge in [-0.2, -0.15) is 0 Å². The molecule has 2 saturated carbocycles. The molecule has 6 heteroatoms. The molecule has 0 amide bonds. The molecule has 2 atom stereocenters. The van der Waals surface area contributed by atoms with Gasteiger partial charge in [0, 0.05) is 17.5 Å². The molecule has 2 bridgehead atoms. The minimum absolute atomic E-state index is 0.0410. The first kappa shape index (κ1) is 15.6. The van der Waals surface area contributed by atoms with Gasteiger partial charge in [-0.05, 0) is 36.7 Å². The highest BCUT2D eigenvalue weighted by atomic mass is 16.7. The maximum atomic E-state index is 12.1. The summed E-state index contributed by atoms with van der Waals surface area (Å²) in [7, 11) is 0. The highest BCUT2D eigenvalue weighted by Gasteiger charge is 2.60. The number of nitrogens with zero attached hydrogens (tertiary/aromatic N) is 2. The van der Waals surface area contributed by atoms with Crippen molar-refractivity contribution in [1.29, 1.82) is 0 Å². The number of carbonyl (C=O) groups is 1. The molecule has 2 aliphatic carbocycles. The van der Waals surface area contributed by atoms with E-state index in [1.807, 2.05) is 0 Å². The lowest BCUT2D eigenvalue weighted by Gasteiger charge is -2.34. The monoisotopic (exact) mass is 316 g/mol. The summed E-state index contributed by atoms with van der Waals surface area (Å²) in [6.45, 7) is 6.67. The zero-order valence-electron chi connectivity index (χ0n) is 13.5. The highest BCUT2D eigenvalue weighted by molar-refractivity contribution is 5.95. The van der Waals surface area contributed by atoms with Crippen LogP contribution in [0.25, 0.3) is 0 Å². The van der Waals surface area contributed by atoms with Crippen LogP contribution in [0.15, 0.2) is 29.4 Å². The molecule has 2 aliphatic rings. The third-order valence-corrected chi connectivity index (χ3v) is 6.04. The summed E-state index contributed by atoms with van der Waals surface area (Å²) < 4.78 is 0. The number of nitro groups is 1. The van der Waals surface area contributed by atoms with Crippen molar-refractivity contribution >= 4 is 17.4 Å². The van der Waals surface area contributed by atoms with Gasteiger partial charge < -0.3 is 4.84 Å². The Morgan fingerprint density at radius 1 is 1.39 bits per heavy atom. The molecule has 0 heterocycles. The highest BCUT2D eigenvalue weighted by Crippen LogP contribution is 2.63. The maximum Gasteiger partial charge on any atom is 0.365 e. The molecular formula is C17H20N2O4. The zero-order chi connectivity index (χ0) is 16.8. The van der Waals surface area contributed by atoms with E-state index in [0.717, 1.165) is 18.6 Å². The molecular weight excluding hydrogens is 296 g/mol. The van der Waals surface area contributed by atoms with Crippen molar-refractivity contribution in [2.75, 3.05) is 0 Å². The normalized spacial score (nSPS) is 29.7. The first-order chi connectivity index (χ1) is 10.8. The Kier molecular flexibility index (Phi) is 3.50. The first-order valence-electron chi connectivity index (χ1n) is 7.79. The second-order valence-corrected chi connectivity index (χ2v) is 7.22. The Hall–Kier alpha value is -2.24. The van der Waals surface area contributed by atoms with Crippen LogP contribution in [0, 0.1) is 26.9 Å². The van der Waals surface area contributed by atoms with E-state index in [9.17, 15) is 14.9 Å². The van der Waals surface area contributed by atoms with Crippen molar-refractivity contribution < 1.29 is 14.6 Å². The molecule has 0 saturated heterocycles. The largest absolute Gasteiger partial charge is 0.365 e. The summed E-state index contributed by atoms with van der Waals surface area (Å²) in [5.41, 5.74) is 1.04. The number of fused-ring (bicyclic) bond motifs is 2. The molecule has 3 rings (SSSR count). The van der Waals surface area contributed by atoms with E-state index in [1.54, 1.807) is 0 Å². The fraction of sp³-hybridized carbons (Fsp3) is 0.529. The number of benzene rings is 1. The minimum Gasteiger partial charge on any atom is -0.313 e. The summed E-state index contributed by atoms with van der Waals surface area (Å²) in [5, 5.41) is 14.9. The van der Waals surface area contributed by atoms with Crippen LogP contribution in [0.3, 0.4) is 0 Å². The summed E-state index contributed by atoms with van der Waals surface area (Å²) in [5.74, 6) is -0.0897. The van der Waals surface area contributed by atoms with Crippen LogP contribution in [0.4, 0.5) is 5.69 Å². The van der Waals surface area contributed by atoms with E-state index in [1.165, 1.54) is 30.7 Å². The molecule has 1 aromatic rings. The van der Waals surface area contributed by atoms with Crippen molar-refractivity contribution in [1.82, 2.24) is 0 Å². The van der Waals surface area contributed by atoms with Gasteiger partial charge >= 0.3 is 5.97 Å². The topological polar surface area (TPSA) is 81.8 Å². The van der Waals surface area contributed by atoms with Crippen molar-refractivity contribution in [3.05, 3.63) is 39.9 Å². The number of hydrogen-bond acceptors (Lipinski definition) is 5. The lowest BCUT2D eigenvalue weighted by atomic mass is 9.70. The number of non-ortho nitro benzene ring substituents is 1. The smallest absolute Gasteiger partial charge is 0.313 e. The quantitative estimate of drug-likeness (QED) is 0.480. The maximum absolute atomic E-state index is 12.1. The molecule has 6 nitrogen and oxygen atoms in total. The molecule has 1 aromatic carbocycles. The molecule has 0 N–H and O–H groups in total. The van der Waals surface area contributed by atoms with Crippen LogP contribution in [-0.4, -0.2) is 16.6 Å². The van der Waals surface area contributed by atoms with E-state index < -0.39 is 10.9 Å². The van der Waals surface area contributed by atoms with Crippen LogP contribution in [0.2, 0.25) is 0 Å². The Labute approximate surface area is 134 Å². The Morgan fingerprint density at radius 3 is 2.70 bits per heavy atom. The molecule has 2 fully saturated rings. The van der Waals surface area contributed by atoms with Gasteiger partial charge in [-0.25, -0.2) is 4.79 Å². The summed E-state index contributed by atoms with van der Waals surface area (Å²) >= 11 is 0. The standard InChI is InChI=1S/C17H20N2O4/c1-16(2)12-7-8-17(16,3)14(10-12)18-23-15(20)11-5-4-6-13(9-11)19(21)22/h4-6,9,12H,7-8,10H2,1-3H3/b18-14-/t12-,17+/m0/s1. The molecule has 122 valence electrons. The van der Waals surface area contributed by atoms with Gasteiger partial charge in [-0.15, -0.1) is 0 Å². The average molecular weight is 316 g/mol. The van der Waals surface area contributed by atoms with Gasteiger partial charge in [-0.1, -0.05) is 32.0 Å². The molecule has 0 aromatic heterocycles. The van der Waals surface area contributed by atoms with Gasteiger partial charge in [-0.3, -0.25) is 10.1 Å². The fourth-order valence-electron chi connectivity index (χ4n) is 3.96. The summed E-state index contributed by atoms with van der Waals surface area (Å²) in [4.78, 5) is 27.4. The van der Waals surface area contributed by atoms with Crippen molar-refractivity contribution in [2.45, 2.75) is 40.0 Å². The summed E-state index contributed by atoms with van der Waals surface area (Å²) in [6.07, 6.45) is 3.09. The van der Waals surface area contributed by atoms with Gasteiger partial charge in [0.1, 0.15) is 0 Å². The number of carbonyl (C=O) groups excluding carboxylic acids is 1. The molecule has 0 radical (unpaired) electrons. The molecule has 23 heavy (non-hydrogen) atoms. The first-order valence-corrected chi connectivity index (χ1v) is 7.79. The van der Waals surface area contributed by atoms with Gasteiger partial charge in [0.05, 0.1) is 16.2 Å². The van der Waals surface area contributed by atoms with Crippen molar-refractivity contribution in [3.63, 3.8) is 0 Å². The predicted molar refractivity (Wildman–Crippen MR) is 85.2 cm³/mol. The number of hydrogen-bond donors (Lipinski definition) is 0. The molecule has 0 spiro atoms. The lowest BCUT2D eigenvalue weighted by molar-refractivity contribution is -0.384. The predicted octanol–water partition coefficient (Wildman–Crippen LogP) is 3.95. The Balaban J connectivity index is 1.78. The van der Waals surface area contributed by atoms with Gasteiger partial charge in [0.15, 0.2) is 0 Å². The van der Waals surface area contributed by atoms with Crippen LogP contribution in [0.1, 0.15) is 50.4 Å². The van der Waals surface area contributed by atoms with E-state index in [4.69, 9.17) is 4.84 Å². The zero-order valence-corrected chi connectivity index (χ0v) is 13.5. The Bertz CT molecular complexity index is 710. The lowest BCUT2D eigenvalue weighted by Crippen LogP contribution is -2.32. The van der Waals surface area contributed by atoms with Crippen molar-refractivity contribution in [2.24, 2.45) is 21.9 Å². The number of rotatable bonds is 3. The number of nitro benzene ring substituents is 1. The van der Waals surface area contributed by atoms with E-state index in [0.29, 0.717) is 5.92 Å². The number of oxime groups is 1. The third-order valence-electron chi connectivity index (χ3n) is 6.04. The van der Waals surface area contributed by atoms with E-state index >= 15 is 0 Å². The SMILES string of the molecule is CC1(C)[C@H]2CC[C@]1(C)/C(=N\OC(=O)c1cccc([N+](=O)[O-])c1)C2. The van der Waals surface area contributed by atoms with Crippen LogP contribution >= 0.6 is 0 Å². The minimum atomic E-state index is -0.662. The molecule has 0 aliphatic heterocycles. The average Bonchev–Trinajstić information content (AvgIpc) is 2.85.